The summed E-state index contributed by atoms with van der Waals surface area (Å²) in [7, 11) is -2.09. The molecule has 0 aliphatic carbocycles. The maximum atomic E-state index is 13.0. The maximum Gasteiger partial charge on any atom is 0.269 e. The molecule has 0 spiro atoms. The van der Waals surface area contributed by atoms with Crippen LogP contribution in [0.3, 0.4) is 0 Å². The van der Waals surface area contributed by atoms with Crippen molar-refractivity contribution in [3.05, 3.63) is 60.2 Å². The standard InChI is InChI=1S/C21H28N4O3S2/c1-5-25(18-9-7-6-8-10-18)30(27,28)19-13-11-17(12-14-19)20(26)23-24(4)21(29)22-15-16(2)3/h6-14,16H,5,15H2,1-4H3,(H,22,29)(H,23,26). The van der Waals surface area contributed by atoms with Crippen molar-refractivity contribution in [2.75, 3.05) is 24.4 Å². The van der Waals surface area contributed by atoms with Crippen LogP contribution in [0.4, 0.5) is 5.69 Å². The summed E-state index contributed by atoms with van der Waals surface area (Å²) in [5.74, 6) is 0.0330. The minimum absolute atomic E-state index is 0.118. The number of hydrogen-bond acceptors (Lipinski definition) is 4. The highest BCUT2D eigenvalue weighted by atomic mass is 32.2. The molecular weight excluding hydrogens is 420 g/mol. The molecule has 2 aromatic carbocycles. The van der Waals surface area contributed by atoms with Crippen LogP contribution in [0.1, 0.15) is 31.1 Å². The first-order valence-corrected chi connectivity index (χ1v) is 11.5. The molecule has 30 heavy (non-hydrogen) atoms. The average molecular weight is 449 g/mol. The predicted molar refractivity (Wildman–Crippen MR) is 124 cm³/mol. The Hall–Kier alpha value is -2.65. The summed E-state index contributed by atoms with van der Waals surface area (Å²) >= 11 is 5.24. The fourth-order valence-corrected chi connectivity index (χ4v) is 4.27. The Kier molecular flexibility index (Phi) is 8.19. The molecule has 0 aromatic heterocycles. The number of hydrazine groups is 1. The van der Waals surface area contributed by atoms with Gasteiger partial charge >= 0.3 is 0 Å². The molecule has 9 heteroatoms. The third-order valence-electron chi connectivity index (χ3n) is 4.27. The molecule has 0 saturated heterocycles. The van der Waals surface area contributed by atoms with E-state index in [1.807, 2.05) is 6.07 Å². The monoisotopic (exact) mass is 448 g/mol. The number of para-hydroxylation sites is 1. The number of carbonyl (C=O) groups excluding carboxylic acids is 1. The molecule has 0 aliphatic heterocycles. The molecule has 162 valence electrons. The van der Waals surface area contributed by atoms with E-state index in [2.05, 4.69) is 24.6 Å². The van der Waals surface area contributed by atoms with Gasteiger partial charge in [-0.25, -0.2) is 8.42 Å². The second kappa shape index (κ2) is 10.4. The smallest absolute Gasteiger partial charge is 0.269 e. The molecule has 0 fully saturated rings. The van der Waals surface area contributed by atoms with Crippen molar-refractivity contribution in [2.45, 2.75) is 25.7 Å². The van der Waals surface area contributed by atoms with Gasteiger partial charge in [-0.1, -0.05) is 32.0 Å². The number of benzene rings is 2. The third-order valence-corrected chi connectivity index (χ3v) is 6.61. The number of hydrogen-bond donors (Lipinski definition) is 2. The summed E-state index contributed by atoms with van der Waals surface area (Å²) in [6, 6.07) is 14.7. The highest BCUT2D eigenvalue weighted by Gasteiger charge is 2.23. The minimum Gasteiger partial charge on any atom is -0.361 e. The van der Waals surface area contributed by atoms with E-state index in [9.17, 15) is 13.2 Å². The number of nitrogens with one attached hydrogen (secondary N) is 2. The van der Waals surface area contributed by atoms with Crippen LogP contribution in [0, 0.1) is 5.92 Å². The number of anilines is 1. The number of nitrogens with zero attached hydrogens (tertiary/aromatic N) is 2. The number of thiocarbonyl (C=S) groups is 1. The molecule has 1 amide bonds. The number of amides is 1. The van der Waals surface area contributed by atoms with E-state index in [0.717, 1.165) is 0 Å². The van der Waals surface area contributed by atoms with Crippen molar-refractivity contribution in [1.82, 2.24) is 15.8 Å². The zero-order chi connectivity index (χ0) is 22.3. The molecule has 2 rings (SSSR count). The van der Waals surface area contributed by atoms with Crippen LogP contribution in [0.15, 0.2) is 59.5 Å². The maximum absolute atomic E-state index is 13.0. The van der Waals surface area contributed by atoms with Gasteiger partial charge in [0.25, 0.3) is 15.9 Å². The summed E-state index contributed by atoms with van der Waals surface area (Å²) in [6.45, 7) is 6.88. The van der Waals surface area contributed by atoms with Gasteiger partial charge in [0.15, 0.2) is 5.11 Å². The Bertz CT molecular complexity index is 962. The lowest BCUT2D eigenvalue weighted by atomic mass is 10.2. The van der Waals surface area contributed by atoms with Crippen LogP contribution < -0.4 is 15.0 Å². The molecule has 0 aliphatic rings. The molecular formula is C21H28N4O3S2. The highest BCUT2D eigenvalue weighted by molar-refractivity contribution is 7.92. The van der Waals surface area contributed by atoms with Crippen LogP contribution in [-0.4, -0.2) is 44.6 Å². The SMILES string of the molecule is CCN(c1ccccc1)S(=O)(=O)c1ccc(C(=O)NN(C)C(=S)NCC(C)C)cc1. The Morgan fingerprint density at radius 2 is 1.67 bits per heavy atom. The van der Waals surface area contributed by atoms with E-state index in [1.54, 1.807) is 38.2 Å². The largest absolute Gasteiger partial charge is 0.361 e. The first-order valence-electron chi connectivity index (χ1n) is 9.67. The van der Waals surface area contributed by atoms with Gasteiger partial charge in [-0.05, 0) is 61.5 Å². The zero-order valence-corrected chi connectivity index (χ0v) is 19.3. The van der Waals surface area contributed by atoms with E-state index < -0.39 is 10.0 Å². The normalized spacial score (nSPS) is 11.1. The second-order valence-electron chi connectivity index (χ2n) is 7.11. The van der Waals surface area contributed by atoms with Crippen molar-refractivity contribution >= 4 is 38.9 Å². The van der Waals surface area contributed by atoms with Crippen molar-refractivity contribution < 1.29 is 13.2 Å². The van der Waals surface area contributed by atoms with E-state index in [1.165, 1.54) is 33.6 Å². The molecule has 2 aromatic rings. The van der Waals surface area contributed by atoms with E-state index in [0.29, 0.717) is 35.4 Å². The lowest BCUT2D eigenvalue weighted by molar-refractivity contribution is 0.0886. The Balaban J connectivity index is 2.11. The van der Waals surface area contributed by atoms with Gasteiger partial charge in [0.2, 0.25) is 0 Å². The van der Waals surface area contributed by atoms with Crippen molar-refractivity contribution in [3.8, 4) is 0 Å². The van der Waals surface area contributed by atoms with E-state index in [4.69, 9.17) is 12.2 Å². The quantitative estimate of drug-likeness (QED) is 0.501. The van der Waals surface area contributed by atoms with Gasteiger partial charge in [0.1, 0.15) is 0 Å². The van der Waals surface area contributed by atoms with Gasteiger partial charge in [-0.3, -0.25) is 19.5 Å². The van der Waals surface area contributed by atoms with Gasteiger partial charge in [0.05, 0.1) is 10.6 Å². The van der Waals surface area contributed by atoms with Crippen molar-refractivity contribution in [1.29, 1.82) is 0 Å². The number of sulfonamides is 1. The number of carbonyl (C=O) groups is 1. The molecule has 0 radical (unpaired) electrons. The number of rotatable bonds is 7. The van der Waals surface area contributed by atoms with Crippen LogP contribution in [0.25, 0.3) is 0 Å². The Morgan fingerprint density at radius 3 is 2.20 bits per heavy atom. The fourth-order valence-electron chi connectivity index (χ4n) is 2.67. The molecule has 0 atom stereocenters. The predicted octanol–water partition coefficient (Wildman–Crippen LogP) is 3.01. The summed E-state index contributed by atoms with van der Waals surface area (Å²) in [6.07, 6.45) is 0. The second-order valence-corrected chi connectivity index (χ2v) is 9.36. The van der Waals surface area contributed by atoms with Crippen molar-refractivity contribution in [3.63, 3.8) is 0 Å². The molecule has 0 unspecified atom stereocenters. The highest BCUT2D eigenvalue weighted by Crippen LogP contribution is 2.23. The van der Waals surface area contributed by atoms with Crippen LogP contribution in [0.5, 0.6) is 0 Å². The van der Waals surface area contributed by atoms with Crippen LogP contribution in [-0.2, 0) is 10.0 Å². The van der Waals surface area contributed by atoms with E-state index in [-0.39, 0.29) is 10.8 Å². The zero-order valence-electron chi connectivity index (χ0n) is 17.6. The average Bonchev–Trinajstić information content (AvgIpc) is 2.73. The summed E-state index contributed by atoms with van der Waals surface area (Å²) < 4.78 is 27.4. The topological polar surface area (TPSA) is 81.8 Å². The third kappa shape index (κ3) is 5.93. The molecule has 0 saturated carbocycles. The van der Waals surface area contributed by atoms with E-state index >= 15 is 0 Å². The first-order chi connectivity index (χ1) is 14.2. The summed E-state index contributed by atoms with van der Waals surface area (Å²) in [5, 5.41) is 4.89. The Morgan fingerprint density at radius 1 is 1.07 bits per heavy atom. The van der Waals surface area contributed by atoms with Crippen LogP contribution >= 0.6 is 12.2 Å². The minimum atomic E-state index is -3.74. The van der Waals surface area contributed by atoms with Crippen LogP contribution in [0.2, 0.25) is 0 Å². The van der Waals surface area contributed by atoms with Gasteiger partial charge in [-0.15, -0.1) is 0 Å². The molecule has 0 bridgehead atoms. The molecule has 7 nitrogen and oxygen atoms in total. The summed E-state index contributed by atoms with van der Waals surface area (Å²) in [5.41, 5.74) is 3.59. The lowest BCUT2D eigenvalue weighted by Crippen LogP contribution is -2.48. The van der Waals surface area contributed by atoms with Gasteiger partial charge in [-0.2, -0.15) is 0 Å². The van der Waals surface area contributed by atoms with Crippen molar-refractivity contribution in [2.24, 2.45) is 5.92 Å². The first kappa shape index (κ1) is 23.6. The lowest BCUT2D eigenvalue weighted by Gasteiger charge is -2.23. The van der Waals surface area contributed by atoms with Gasteiger partial charge < -0.3 is 5.32 Å². The molecule has 0 heterocycles. The van der Waals surface area contributed by atoms with Gasteiger partial charge in [0, 0.05) is 25.7 Å². The molecule has 2 N–H and O–H groups in total. The summed E-state index contributed by atoms with van der Waals surface area (Å²) in [4.78, 5) is 12.6. The Labute approximate surface area is 184 Å². The fraction of sp³-hybridized carbons (Fsp3) is 0.333.